The number of hydrogen-bond donors (Lipinski definition) is 3. The van der Waals surface area contributed by atoms with Crippen molar-refractivity contribution in [3.63, 3.8) is 0 Å². The Hall–Kier alpha value is -2.51. The van der Waals surface area contributed by atoms with Crippen LogP contribution in [0, 0.1) is 5.92 Å². The standard InChI is InChI=1S/C22H19Cl2N3O3/c23-15-8-7-12(10-16(15)24)21-18-19(14-5-1-2-6-17(14)28)25-26-20(18)22(29)27(21)11-13-4-3-9-30-13/h1-10,18-21,25-26,28H,11H2. The molecule has 6 nitrogen and oxygen atoms in total. The van der Waals surface area contributed by atoms with E-state index in [2.05, 4.69) is 10.9 Å². The van der Waals surface area contributed by atoms with Gasteiger partial charge in [-0.1, -0.05) is 47.5 Å². The molecular formula is C22H19Cl2N3O3. The van der Waals surface area contributed by atoms with Crippen LogP contribution in [0.4, 0.5) is 0 Å². The molecule has 8 heteroatoms. The number of nitrogens with zero attached hydrogens (tertiary/aromatic N) is 1. The topological polar surface area (TPSA) is 77.7 Å². The molecule has 30 heavy (non-hydrogen) atoms. The molecule has 2 aliphatic rings. The molecule has 1 aromatic heterocycles. The van der Waals surface area contributed by atoms with E-state index in [0.717, 1.165) is 11.1 Å². The number of likely N-dealkylation sites (tertiary alicyclic amines) is 1. The molecule has 0 saturated carbocycles. The van der Waals surface area contributed by atoms with Crippen molar-refractivity contribution in [3.8, 4) is 5.75 Å². The summed E-state index contributed by atoms with van der Waals surface area (Å²) in [4.78, 5) is 15.2. The van der Waals surface area contributed by atoms with E-state index in [0.29, 0.717) is 22.4 Å². The van der Waals surface area contributed by atoms with Gasteiger partial charge in [-0.05, 0) is 35.9 Å². The zero-order chi connectivity index (χ0) is 20.8. The predicted octanol–water partition coefficient (Wildman–Crippen LogP) is 4.21. The lowest BCUT2D eigenvalue weighted by Gasteiger charge is -2.31. The highest BCUT2D eigenvalue weighted by Gasteiger charge is 2.56. The highest BCUT2D eigenvalue weighted by molar-refractivity contribution is 6.42. The second-order valence-corrected chi connectivity index (χ2v) is 8.36. The first kappa shape index (κ1) is 19.5. The number of fused-ring (bicyclic) bond motifs is 1. The Balaban J connectivity index is 1.60. The van der Waals surface area contributed by atoms with Crippen molar-refractivity contribution in [2.24, 2.45) is 5.92 Å². The van der Waals surface area contributed by atoms with Crippen molar-refractivity contribution < 1.29 is 14.3 Å². The van der Waals surface area contributed by atoms with Crippen molar-refractivity contribution in [1.82, 2.24) is 15.8 Å². The van der Waals surface area contributed by atoms with Gasteiger partial charge in [-0.3, -0.25) is 4.79 Å². The van der Waals surface area contributed by atoms with Gasteiger partial charge in [0, 0.05) is 11.5 Å². The Morgan fingerprint density at radius 3 is 2.53 bits per heavy atom. The molecule has 2 aromatic carbocycles. The third-order valence-corrected chi connectivity index (χ3v) is 6.62. The molecule has 4 atom stereocenters. The molecule has 0 spiro atoms. The molecule has 5 rings (SSSR count). The molecule has 0 aliphatic carbocycles. The lowest BCUT2D eigenvalue weighted by Crippen LogP contribution is -2.41. The summed E-state index contributed by atoms with van der Waals surface area (Å²) in [6.45, 7) is 0.332. The van der Waals surface area contributed by atoms with Crippen LogP contribution in [0.15, 0.2) is 65.3 Å². The Kier molecular flexibility index (Phi) is 4.95. The highest BCUT2D eigenvalue weighted by Crippen LogP contribution is 2.49. The minimum atomic E-state index is -0.455. The van der Waals surface area contributed by atoms with Crippen molar-refractivity contribution in [2.45, 2.75) is 24.7 Å². The summed E-state index contributed by atoms with van der Waals surface area (Å²) in [6, 6.07) is 15.2. The summed E-state index contributed by atoms with van der Waals surface area (Å²) in [6.07, 6.45) is 1.59. The van der Waals surface area contributed by atoms with Gasteiger partial charge in [0.15, 0.2) is 0 Å². The first-order valence-electron chi connectivity index (χ1n) is 9.61. The fraction of sp³-hybridized carbons (Fsp3) is 0.227. The van der Waals surface area contributed by atoms with Crippen LogP contribution in [-0.2, 0) is 11.3 Å². The molecule has 0 bridgehead atoms. The van der Waals surface area contributed by atoms with Gasteiger partial charge in [0.2, 0.25) is 5.91 Å². The van der Waals surface area contributed by atoms with E-state index >= 15 is 0 Å². The predicted molar refractivity (Wildman–Crippen MR) is 113 cm³/mol. The largest absolute Gasteiger partial charge is 0.508 e. The smallest absolute Gasteiger partial charge is 0.242 e. The maximum atomic E-state index is 13.4. The van der Waals surface area contributed by atoms with Crippen LogP contribution in [0.3, 0.4) is 0 Å². The number of halogens is 2. The quantitative estimate of drug-likeness (QED) is 0.562. The number of carbonyl (C=O) groups is 1. The lowest BCUT2D eigenvalue weighted by atomic mass is 9.83. The summed E-state index contributed by atoms with van der Waals surface area (Å²) in [7, 11) is 0. The number of amides is 1. The number of benzene rings is 2. The van der Waals surface area contributed by atoms with E-state index in [4.69, 9.17) is 27.6 Å². The number of rotatable bonds is 4. The van der Waals surface area contributed by atoms with Gasteiger partial charge in [0.05, 0.1) is 34.9 Å². The number of hydrazine groups is 1. The number of furan rings is 1. The maximum Gasteiger partial charge on any atom is 0.242 e. The zero-order valence-corrected chi connectivity index (χ0v) is 17.3. The van der Waals surface area contributed by atoms with Crippen molar-refractivity contribution >= 4 is 29.1 Å². The van der Waals surface area contributed by atoms with Crippen LogP contribution >= 0.6 is 23.2 Å². The van der Waals surface area contributed by atoms with Crippen LogP contribution in [0.5, 0.6) is 5.75 Å². The number of nitrogens with one attached hydrogen (secondary N) is 2. The van der Waals surface area contributed by atoms with E-state index in [1.165, 1.54) is 0 Å². The van der Waals surface area contributed by atoms with Crippen molar-refractivity contribution in [1.29, 1.82) is 0 Å². The summed E-state index contributed by atoms with van der Waals surface area (Å²) < 4.78 is 5.51. The van der Waals surface area contributed by atoms with E-state index in [1.807, 2.05) is 24.3 Å². The molecule has 2 saturated heterocycles. The maximum absolute atomic E-state index is 13.4. The van der Waals surface area contributed by atoms with E-state index in [9.17, 15) is 9.90 Å². The molecular weight excluding hydrogens is 425 g/mol. The van der Waals surface area contributed by atoms with Gasteiger partial charge in [0.25, 0.3) is 0 Å². The summed E-state index contributed by atoms with van der Waals surface area (Å²) in [5.41, 5.74) is 7.96. The monoisotopic (exact) mass is 443 g/mol. The first-order valence-corrected chi connectivity index (χ1v) is 10.4. The van der Waals surface area contributed by atoms with E-state index < -0.39 is 6.04 Å². The highest BCUT2D eigenvalue weighted by atomic mass is 35.5. The van der Waals surface area contributed by atoms with Crippen molar-refractivity contribution in [2.75, 3.05) is 0 Å². The third kappa shape index (κ3) is 3.17. The number of hydrogen-bond acceptors (Lipinski definition) is 5. The number of phenols is 1. The van der Waals surface area contributed by atoms with Crippen LogP contribution in [0.25, 0.3) is 0 Å². The molecule has 2 fully saturated rings. The van der Waals surface area contributed by atoms with Gasteiger partial charge in [0.1, 0.15) is 17.6 Å². The summed E-state index contributed by atoms with van der Waals surface area (Å²) in [5, 5.41) is 11.3. The normalized spacial score (nSPS) is 25.7. The molecule has 3 N–H and O–H groups in total. The number of aromatic hydroxyl groups is 1. The molecule has 3 heterocycles. The summed E-state index contributed by atoms with van der Waals surface area (Å²) in [5.74, 6) is 0.652. The molecule has 2 aliphatic heterocycles. The van der Waals surface area contributed by atoms with E-state index in [-0.39, 0.29) is 29.7 Å². The fourth-order valence-corrected chi connectivity index (χ4v) is 4.87. The minimum Gasteiger partial charge on any atom is -0.508 e. The van der Waals surface area contributed by atoms with Crippen LogP contribution in [0.2, 0.25) is 10.0 Å². The zero-order valence-electron chi connectivity index (χ0n) is 15.8. The molecule has 0 radical (unpaired) electrons. The van der Waals surface area contributed by atoms with Gasteiger partial charge in [-0.25, -0.2) is 10.9 Å². The number of para-hydroxylation sites is 1. The average molecular weight is 444 g/mol. The molecule has 1 amide bonds. The second-order valence-electron chi connectivity index (χ2n) is 7.54. The van der Waals surface area contributed by atoms with Crippen LogP contribution in [-0.4, -0.2) is 22.0 Å². The van der Waals surface area contributed by atoms with E-state index in [1.54, 1.807) is 41.5 Å². The Morgan fingerprint density at radius 2 is 1.80 bits per heavy atom. The lowest BCUT2D eigenvalue weighted by molar-refractivity contribution is -0.131. The number of carbonyl (C=O) groups excluding carboxylic acids is 1. The summed E-state index contributed by atoms with van der Waals surface area (Å²) >= 11 is 12.5. The third-order valence-electron chi connectivity index (χ3n) is 5.88. The first-order chi connectivity index (χ1) is 14.5. The number of phenolic OH excluding ortho intramolecular Hbond substituents is 1. The van der Waals surface area contributed by atoms with Gasteiger partial charge < -0.3 is 14.4 Å². The average Bonchev–Trinajstić information content (AvgIpc) is 3.45. The van der Waals surface area contributed by atoms with Crippen molar-refractivity contribution in [3.05, 3.63) is 87.8 Å². The Bertz CT molecular complexity index is 1090. The SMILES string of the molecule is O=C1C2NNC(c3ccccc3O)C2C(c2ccc(Cl)c(Cl)c2)N1Cc1ccco1. The van der Waals surface area contributed by atoms with Gasteiger partial charge in [-0.15, -0.1) is 0 Å². The van der Waals surface area contributed by atoms with Gasteiger partial charge >= 0.3 is 0 Å². The Labute approximate surface area is 183 Å². The molecule has 4 unspecified atom stereocenters. The molecule has 154 valence electrons. The molecule has 3 aromatic rings. The van der Waals surface area contributed by atoms with Crippen LogP contribution < -0.4 is 10.9 Å². The fourth-order valence-electron chi connectivity index (χ4n) is 4.56. The van der Waals surface area contributed by atoms with Gasteiger partial charge in [-0.2, -0.15) is 0 Å². The minimum absolute atomic E-state index is 0.0436. The second kappa shape index (κ2) is 7.63. The Morgan fingerprint density at radius 1 is 1.00 bits per heavy atom. The van der Waals surface area contributed by atoms with Crippen LogP contribution in [0.1, 0.15) is 29.0 Å².